The first-order chi connectivity index (χ1) is 13.4. The fourth-order valence-electron chi connectivity index (χ4n) is 4.10. The second kappa shape index (κ2) is 6.16. The van der Waals surface area contributed by atoms with Crippen molar-refractivity contribution in [1.82, 2.24) is 20.4 Å². The molecule has 0 atom stereocenters. The molecule has 2 amide bonds. The van der Waals surface area contributed by atoms with Gasteiger partial charge in [0.25, 0.3) is 5.91 Å². The maximum atomic E-state index is 12.8. The average Bonchev–Trinajstić information content (AvgIpc) is 3.42. The van der Waals surface area contributed by atoms with Crippen molar-refractivity contribution in [3.05, 3.63) is 39.6 Å². The maximum Gasteiger partial charge on any atom is 0.356 e. The Bertz CT molecular complexity index is 1040. The van der Waals surface area contributed by atoms with E-state index >= 15 is 0 Å². The van der Waals surface area contributed by atoms with Gasteiger partial charge in [-0.1, -0.05) is 22.0 Å². The van der Waals surface area contributed by atoms with Crippen molar-refractivity contribution < 1.29 is 19.5 Å². The third-order valence-corrected chi connectivity index (χ3v) is 6.24. The first-order valence-corrected chi connectivity index (χ1v) is 9.99. The molecule has 2 fully saturated rings. The third kappa shape index (κ3) is 2.64. The number of benzene rings is 1. The molecule has 144 valence electrons. The zero-order valence-electron chi connectivity index (χ0n) is 14.7. The molecule has 2 aliphatic heterocycles. The summed E-state index contributed by atoms with van der Waals surface area (Å²) in [5.74, 6) is -1.40. The smallest absolute Gasteiger partial charge is 0.356 e. The van der Waals surface area contributed by atoms with Crippen molar-refractivity contribution in [2.45, 2.75) is 37.6 Å². The molecule has 1 aromatic heterocycles. The van der Waals surface area contributed by atoms with Crippen molar-refractivity contribution in [1.29, 1.82) is 0 Å². The second-order valence-electron chi connectivity index (χ2n) is 7.58. The Kier molecular flexibility index (Phi) is 3.84. The minimum Gasteiger partial charge on any atom is -0.476 e. The van der Waals surface area contributed by atoms with E-state index in [-0.39, 0.29) is 29.3 Å². The molecule has 8 nitrogen and oxygen atoms in total. The molecule has 2 aliphatic carbocycles. The fraction of sp³-hybridized carbons (Fsp3) is 0.368. The first kappa shape index (κ1) is 17.4. The normalized spacial score (nSPS) is 21.6. The molecule has 28 heavy (non-hydrogen) atoms. The summed E-state index contributed by atoms with van der Waals surface area (Å²) in [5, 5.41) is 9.66. The second-order valence-corrected chi connectivity index (χ2v) is 8.49. The monoisotopic (exact) mass is 444 g/mol. The van der Waals surface area contributed by atoms with Crippen LogP contribution in [0.15, 0.2) is 22.7 Å². The van der Waals surface area contributed by atoms with Gasteiger partial charge in [-0.2, -0.15) is 0 Å². The van der Waals surface area contributed by atoms with Gasteiger partial charge in [-0.25, -0.2) is 9.78 Å². The van der Waals surface area contributed by atoms with E-state index in [0.717, 1.165) is 41.3 Å². The molecule has 6 rings (SSSR count). The Balaban J connectivity index is 1.60. The van der Waals surface area contributed by atoms with Gasteiger partial charge in [-0.15, -0.1) is 0 Å². The van der Waals surface area contributed by atoms with E-state index in [9.17, 15) is 19.5 Å². The summed E-state index contributed by atoms with van der Waals surface area (Å²) in [6.07, 6.45) is 3.26. The number of amides is 2. The summed E-state index contributed by atoms with van der Waals surface area (Å²) >= 11 is 3.46. The summed E-state index contributed by atoms with van der Waals surface area (Å²) < 4.78 is 2.59. The van der Waals surface area contributed by atoms with Gasteiger partial charge in [-0.3, -0.25) is 20.4 Å². The van der Waals surface area contributed by atoms with E-state index in [2.05, 4.69) is 31.8 Å². The number of rotatable bonds is 3. The lowest BCUT2D eigenvalue weighted by atomic mass is 9.75. The van der Waals surface area contributed by atoms with Gasteiger partial charge in [0.05, 0.1) is 0 Å². The molecular weight excluding hydrogens is 428 g/mol. The largest absolute Gasteiger partial charge is 0.476 e. The summed E-state index contributed by atoms with van der Waals surface area (Å²) in [6, 6.07) is 5.91. The highest BCUT2D eigenvalue weighted by atomic mass is 79.9. The number of hydrazine groups is 1. The molecule has 2 saturated carbocycles. The summed E-state index contributed by atoms with van der Waals surface area (Å²) in [7, 11) is 0. The third-order valence-electron chi connectivity index (χ3n) is 5.75. The topological polar surface area (TPSA) is 113 Å². The van der Waals surface area contributed by atoms with Crippen LogP contribution >= 0.6 is 15.9 Å². The zero-order chi connectivity index (χ0) is 19.6. The van der Waals surface area contributed by atoms with E-state index in [0.29, 0.717) is 11.7 Å². The lowest BCUT2D eigenvalue weighted by Crippen LogP contribution is -2.44. The van der Waals surface area contributed by atoms with Crippen LogP contribution in [0.1, 0.15) is 64.2 Å². The van der Waals surface area contributed by atoms with Gasteiger partial charge in [0, 0.05) is 22.0 Å². The van der Waals surface area contributed by atoms with Crippen LogP contribution in [0, 0.1) is 5.92 Å². The van der Waals surface area contributed by atoms with Crippen LogP contribution in [0.4, 0.5) is 0 Å². The number of hydrogen-bond acceptors (Lipinski definition) is 4. The minimum atomic E-state index is -1.27. The number of aromatic nitrogens is 2. The molecule has 2 aromatic rings. The minimum absolute atomic E-state index is 0.00617. The van der Waals surface area contributed by atoms with Gasteiger partial charge in [-0.05, 0) is 49.3 Å². The standard InChI is InChI=1S/C19H17BrN4O4/c20-10-3-4-12-9-5-11(6-9)24-15(18(26)23-22-17(25)8-1-2-8)14(19(27)28)21-16(24)13(12)7-10/h3-4,7-9,11H,1-2,5-6H2,(H,22,25)(H,23,26)(H,27,28). The quantitative estimate of drug-likeness (QED) is 0.629. The number of nitrogens with one attached hydrogen (secondary N) is 2. The predicted octanol–water partition coefficient (Wildman–Crippen LogP) is 2.61. The van der Waals surface area contributed by atoms with Crippen LogP contribution in [-0.4, -0.2) is 32.4 Å². The summed E-state index contributed by atoms with van der Waals surface area (Å²) in [4.78, 5) is 40.9. The van der Waals surface area contributed by atoms with Gasteiger partial charge in [0.1, 0.15) is 11.5 Å². The fourth-order valence-corrected chi connectivity index (χ4v) is 4.46. The highest BCUT2D eigenvalue weighted by molar-refractivity contribution is 9.10. The van der Waals surface area contributed by atoms with Gasteiger partial charge < -0.3 is 9.67 Å². The zero-order valence-corrected chi connectivity index (χ0v) is 16.3. The molecule has 0 spiro atoms. The van der Waals surface area contributed by atoms with E-state index in [1.165, 1.54) is 0 Å². The first-order valence-electron chi connectivity index (χ1n) is 9.19. The number of nitrogens with zero attached hydrogens (tertiary/aromatic N) is 2. The van der Waals surface area contributed by atoms with Crippen LogP contribution in [0.2, 0.25) is 0 Å². The molecule has 0 radical (unpaired) electrons. The Hall–Kier alpha value is -2.68. The molecule has 2 bridgehead atoms. The van der Waals surface area contributed by atoms with Crippen LogP contribution < -0.4 is 10.9 Å². The number of carbonyl (C=O) groups excluding carboxylic acids is 2. The van der Waals surface area contributed by atoms with Crippen molar-refractivity contribution in [2.75, 3.05) is 0 Å². The molecule has 3 N–H and O–H groups in total. The van der Waals surface area contributed by atoms with Crippen LogP contribution in [0.25, 0.3) is 11.4 Å². The number of carboxylic acid groups (broad SMARTS) is 1. The lowest BCUT2D eigenvalue weighted by molar-refractivity contribution is -0.123. The molecular formula is C19H17BrN4O4. The van der Waals surface area contributed by atoms with Gasteiger partial charge in [0.15, 0.2) is 5.69 Å². The number of aromatic carboxylic acids is 1. The Morgan fingerprint density at radius 1 is 1.18 bits per heavy atom. The van der Waals surface area contributed by atoms with Gasteiger partial charge in [0.2, 0.25) is 5.91 Å². The number of imidazole rings is 1. The van der Waals surface area contributed by atoms with E-state index in [1.807, 2.05) is 18.2 Å². The Morgan fingerprint density at radius 2 is 1.93 bits per heavy atom. The number of hydrogen-bond donors (Lipinski definition) is 3. The van der Waals surface area contributed by atoms with E-state index in [4.69, 9.17) is 0 Å². The van der Waals surface area contributed by atoms with Crippen LogP contribution in [-0.2, 0) is 4.79 Å². The van der Waals surface area contributed by atoms with Gasteiger partial charge >= 0.3 is 5.97 Å². The highest BCUT2D eigenvalue weighted by Gasteiger charge is 2.42. The maximum absolute atomic E-state index is 12.8. The van der Waals surface area contributed by atoms with Crippen molar-refractivity contribution in [3.63, 3.8) is 0 Å². The van der Waals surface area contributed by atoms with Crippen LogP contribution in [0.3, 0.4) is 0 Å². The Morgan fingerprint density at radius 3 is 2.61 bits per heavy atom. The number of halogens is 1. The molecule has 3 heterocycles. The SMILES string of the molecule is O=C(O)c1nc2n(c1C(=O)NNC(=O)C1CC1)C1CC(C1)c1ccc(Br)cc1-2. The van der Waals surface area contributed by atoms with Crippen molar-refractivity contribution in [3.8, 4) is 11.4 Å². The molecule has 1 aromatic carbocycles. The van der Waals surface area contributed by atoms with Crippen molar-refractivity contribution in [2.24, 2.45) is 5.92 Å². The van der Waals surface area contributed by atoms with E-state index in [1.54, 1.807) is 4.57 Å². The molecule has 9 heteroatoms. The van der Waals surface area contributed by atoms with E-state index < -0.39 is 11.9 Å². The predicted molar refractivity (Wildman–Crippen MR) is 102 cm³/mol. The molecule has 0 saturated heterocycles. The highest BCUT2D eigenvalue weighted by Crippen LogP contribution is 2.53. The Labute approximate surface area is 168 Å². The molecule has 4 aliphatic rings. The number of carbonyl (C=O) groups is 3. The summed E-state index contributed by atoms with van der Waals surface area (Å²) in [5.41, 5.74) is 6.41. The lowest BCUT2D eigenvalue weighted by Gasteiger charge is -2.35. The molecule has 0 unspecified atom stereocenters. The number of carboxylic acids is 1. The summed E-state index contributed by atoms with van der Waals surface area (Å²) in [6.45, 7) is 0. The van der Waals surface area contributed by atoms with Crippen molar-refractivity contribution >= 4 is 33.7 Å². The van der Waals surface area contributed by atoms with Crippen LogP contribution in [0.5, 0.6) is 0 Å². The average molecular weight is 445 g/mol.